The summed E-state index contributed by atoms with van der Waals surface area (Å²) >= 11 is 0. The van der Waals surface area contributed by atoms with Gasteiger partial charge >= 0.3 is 0 Å². The van der Waals surface area contributed by atoms with Crippen molar-refractivity contribution in [3.63, 3.8) is 0 Å². The minimum Gasteiger partial charge on any atom is -0.0683 e. The summed E-state index contributed by atoms with van der Waals surface area (Å²) in [6.07, 6.45) is 7.44. The van der Waals surface area contributed by atoms with E-state index in [1.165, 1.54) is 32.1 Å². The van der Waals surface area contributed by atoms with Crippen LogP contribution in [-0.4, -0.2) is 0 Å². The van der Waals surface area contributed by atoms with Gasteiger partial charge in [0.2, 0.25) is 0 Å². The maximum atomic E-state index is 2.36. The SMILES string of the molecule is CC.CC(C)(C)C.CC1CCCCC1. The van der Waals surface area contributed by atoms with E-state index in [4.69, 9.17) is 0 Å². The molecule has 0 atom stereocenters. The maximum Gasteiger partial charge on any atom is -0.0411 e. The van der Waals surface area contributed by atoms with Gasteiger partial charge in [-0.1, -0.05) is 80.6 Å². The Morgan fingerprint density at radius 2 is 1.07 bits per heavy atom. The van der Waals surface area contributed by atoms with Gasteiger partial charge in [0, 0.05) is 0 Å². The van der Waals surface area contributed by atoms with Crippen molar-refractivity contribution in [2.75, 3.05) is 0 Å². The van der Waals surface area contributed by atoms with Gasteiger partial charge < -0.3 is 0 Å². The van der Waals surface area contributed by atoms with Crippen LogP contribution >= 0.6 is 0 Å². The standard InChI is InChI=1S/C7H14.C5H12.C2H6/c1-7-5-3-2-4-6-7;1-5(2,3)4;1-2/h7H,2-6H2,1H3;1-4H3;1-2H3. The lowest BCUT2D eigenvalue weighted by Gasteiger charge is -2.15. The van der Waals surface area contributed by atoms with Crippen LogP contribution in [0.5, 0.6) is 0 Å². The van der Waals surface area contributed by atoms with Gasteiger partial charge in [0.15, 0.2) is 0 Å². The summed E-state index contributed by atoms with van der Waals surface area (Å²) in [5.41, 5.74) is 0.500. The second-order valence-corrected chi connectivity index (χ2v) is 5.74. The van der Waals surface area contributed by atoms with Gasteiger partial charge in [0.05, 0.1) is 0 Å². The van der Waals surface area contributed by atoms with Gasteiger partial charge in [-0.3, -0.25) is 0 Å². The van der Waals surface area contributed by atoms with Crippen LogP contribution in [0.25, 0.3) is 0 Å². The lowest BCUT2D eigenvalue weighted by atomic mass is 9.91. The lowest BCUT2D eigenvalue weighted by molar-refractivity contribution is 0.385. The molecular weight excluding hydrogens is 168 g/mol. The highest BCUT2D eigenvalue weighted by atomic mass is 14.1. The van der Waals surface area contributed by atoms with Crippen LogP contribution in [0, 0.1) is 11.3 Å². The zero-order chi connectivity index (χ0) is 11.6. The van der Waals surface area contributed by atoms with Crippen LogP contribution in [0.4, 0.5) is 0 Å². The molecule has 0 aromatic heterocycles. The Morgan fingerprint density at radius 1 is 0.786 bits per heavy atom. The van der Waals surface area contributed by atoms with Crippen molar-refractivity contribution in [2.45, 2.75) is 80.6 Å². The largest absolute Gasteiger partial charge is 0.0683 e. The number of hydrogen-bond donors (Lipinski definition) is 0. The molecule has 0 nitrogen and oxygen atoms in total. The molecule has 0 radical (unpaired) electrons. The van der Waals surface area contributed by atoms with Gasteiger partial charge in [0.1, 0.15) is 0 Å². The normalized spacial score (nSPS) is 17.4. The van der Waals surface area contributed by atoms with Crippen molar-refractivity contribution in [3.8, 4) is 0 Å². The fourth-order valence-corrected chi connectivity index (χ4v) is 1.31. The molecule has 0 aromatic rings. The lowest BCUT2D eigenvalue weighted by Crippen LogP contribution is -1.99. The molecule has 0 saturated heterocycles. The van der Waals surface area contributed by atoms with Crippen molar-refractivity contribution < 1.29 is 0 Å². The Morgan fingerprint density at radius 3 is 1.21 bits per heavy atom. The molecule has 88 valence electrons. The molecule has 1 saturated carbocycles. The van der Waals surface area contributed by atoms with Gasteiger partial charge in [0.25, 0.3) is 0 Å². The average molecular weight is 200 g/mol. The molecule has 0 heteroatoms. The predicted octanol–water partition coefficient (Wildman–Crippen LogP) is 5.67. The Hall–Kier alpha value is 0. The molecule has 1 aliphatic rings. The van der Waals surface area contributed by atoms with Gasteiger partial charge in [-0.25, -0.2) is 0 Å². The molecule has 0 unspecified atom stereocenters. The first-order valence-electron chi connectivity index (χ1n) is 6.39. The van der Waals surface area contributed by atoms with E-state index in [1.807, 2.05) is 13.8 Å². The monoisotopic (exact) mass is 200 g/mol. The Bertz CT molecular complexity index is 85.1. The third-order valence-corrected chi connectivity index (χ3v) is 1.89. The van der Waals surface area contributed by atoms with E-state index in [1.54, 1.807) is 0 Å². The minimum atomic E-state index is 0.500. The third kappa shape index (κ3) is 22.7. The highest BCUT2D eigenvalue weighted by molar-refractivity contribution is 4.59. The highest BCUT2D eigenvalue weighted by Gasteiger charge is 2.05. The number of rotatable bonds is 0. The molecule has 0 spiro atoms. The molecule has 1 rings (SSSR count). The minimum absolute atomic E-state index is 0.500. The van der Waals surface area contributed by atoms with E-state index in [9.17, 15) is 0 Å². The molecule has 14 heavy (non-hydrogen) atoms. The van der Waals surface area contributed by atoms with E-state index in [2.05, 4.69) is 34.6 Å². The van der Waals surface area contributed by atoms with Crippen molar-refractivity contribution in [1.82, 2.24) is 0 Å². The van der Waals surface area contributed by atoms with Crippen molar-refractivity contribution in [1.29, 1.82) is 0 Å². The first kappa shape index (κ1) is 16.4. The quantitative estimate of drug-likeness (QED) is 0.473. The summed E-state index contributed by atoms with van der Waals surface area (Å²) in [6, 6.07) is 0. The van der Waals surface area contributed by atoms with Crippen LogP contribution < -0.4 is 0 Å². The van der Waals surface area contributed by atoms with Crippen molar-refractivity contribution >= 4 is 0 Å². The van der Waals surface area contributed by atoms with Gasteiger partial charge in [-0.15, -0.1) is 0 Å². The second-order valence-electron chi connectivity index (χ2n) is 5.74. The van der Waals surface area contributed by atoms with Crippen molar-refractivity contribution in [3.05, 3.63) is 0 Å². The summed E-state index contributed by atoms with van der Waals surface area (Å²) in [4.78, 5) is 0. The summed E-state index contributed by atoms with van der Waals surface area (Å²) in [5, 5.41) is 0. The molecule has 1 aliphatic carbocycles. The maximum absolute atomic E-state index is 2.36. The van der Waals surface area contributed by atoms with Crippen LogP contribution in [-0.2, 0) is 0 Å². The first-order valence-corrected chi connectivity index (χ1v) is 6.39. The van der Waals surface area contributed by atoms with E-state index in [0.717, 1.165) is 5.92 Å². The summed E-state index contributed by atoms with van der Waals surface area (Å²) in [6.45, 7) is 15.1. The molecule has 1 fully saturated rings. The van der Waals surface area contributed by atoms with Crippen LogP contribution in [0.15, 0.2) is 0 Å². The Kier molecular flexibility index (Phi) is 11.2. The fraction of sp³-hybridized carbons (Fsp3) is 1.00. The molecule has 0 N–H and O–H groups in total. The summed E-state index contributed by atoms with van der Waals surface area (Å²) < 4.78 is 0. The third-order valence-electron chi connectivity index (χ3n) is 1.89. The molecule has 0 aromatic carbocycles. The average Bonchev–Trinajstić information content (AvgIpc) is 2.06. The molecular formula is C14H32. The molecule has 0 heterocycles. The highest BCUT2D eigenvalue weighted by Crippen LogP contribution is 2.22. The van der Waals surface area contributed by atoms with Gasteiger partial charge in [-0.2, -0.15) is 0 Å². The Balaban J connectivity index is 0. The molecule has 0 amide bonds. The summed E-state index contributed by atoms with van der Waals surface area (Å²) in [5.74, 6) is 1.04. The first-order chi connectivity index (χ1) is 6.39. The molecule has 0 aliphatic heterocycles. The Labute approximate surface area is 92.5 Å². The van der Waals surface area contributed by atoms with Crippen molar-refractivity contribution in [2.24, 2.45) is 11.3 Å². The molecule has 0 bridgehead atoms. The van der Waals surface area contributed by atoms with Gasteiger partial charge in [-0.05, 0) is 11.3 Å². The predicted molar refractivity (Wildman–Crippen MR) is 68.7 cm³/mol. The number of hydrogen-bond acceptors (Lipinski definition) is 0. The topological polar surface area (TPSA) is 0 Å². The zero-order valence-corrected chi connectivity index (χ0v) is 11.6. The second kappa shape index (κ2) is 9.55. The summed E-state index contributed by atoms with van der Waals surface area (Å²) in [7, 11) is 0. The van der Waals surface area contributed by atoms with Crippen LogP contribution in [0.3, 0.4) is 0 Å². The van der Waals surface area contributed by atoms with Crippen LogP contribution in [0.2, 0.25) is 0 Å². The van der Waals surface area contributed by atoms with E-state index in [0.29, 0.717) is 5.41 Å². The smallest absolute Gasteiger partial charge is 0.0411 e. The fourth-order valence-electron chi connectivity index (χ4n) is 1.31. The van der Waals surface area contributed by atoms with E-state index >= 15 is 0 Å². The zero-order valence-electron chi connectivity index (χ0n) is 11.6. The van der Waals surface area contributed by atoms with E-state index in [-0.39, 0.29) is 0 Å². The van der Waals surface area contributed by atoms with Crippen LogP contribution in [0.1, 0.15) is 80.6 Å². The van der Waals surface area contributed by atoms with E-state index < -0.39 is 0 Å².